The van der Waals surface area contributed by atoms with Gasteiger partial charge in [-0.3, -0.25) is 4.79 Å². The summed E-state index contributed by atoms with van der Waals surface area (Å²) >= 11 is 6.12. The Balaban J connectivity index is 2.10. The molecule has 3 N–H and O–H groups in total. The molecule has 0 aromatic heterocycles. The van der Waals surface area contributed by atoms with Crippen molar-refractivity contribution in [1.29, 1.82) is 0 Å². The van der Waals surface area contributed by atoms with Crippen LogP contribution in [0.25, 0.3) is 0 Å². The molecule has 1 amide bonds. The first-order chi connectivity index (χ1) is 11.7. The number of aryl methyl sites for hydroxylation is 3. The van der Waals surface area contributed by atoms with Crippen LogP contribution in [0.1, 0.15) is 27.0 Å². The third-order valence-electron chi connectivity index (χ3n) is 3.54. The van der Waals surface area contributed by atoms with Crippen LogP contribution in [0.15, 0.2) is 24.3 Å². The van der Waals surface area contributed by atoms with E-state index in [4.69, 9.17) is 21.4 Å². The van der Waals surface area contributed by atoms with Crippen LogP contribution in [0.4, 0.5) is 5.69 Å². The molecule has 0 fully saturated rings. The van der Waals surface area contributed by atoms with Crippen LogP contribution in [0.3, 0.4) is 0 Å². The average molecular weight is 364 g/mol. The van der Waals surface area contributed by atoms with Crippen LogP contribution >= 0.6 is 11.6 Å². The largest absolute Gasteiger partial charge is 0.507 e. The lowest BCUT2D eigenvalue weighted by Crippen LogP contribution is -2.21. The van der Waals surface area contributed by atoms with Gasteiger partial charge in [0.1, 0.15) is 17.1 Å². The minimum absolute atomic E-state index is 0.257. The van der Waals surface area contributed by atoms with Gasteiger partial charge in [0.05, 0.1) is 5.02 Å². The number of rotatable bonds is 5. The fraction of sp³-hybridized carbons (Fsp3) is 0.222. The van der Waals surface area contributed by atoms with Gasteiger partial charge in [0.15, 0.2) is 6.61 Å². The number of carboxylic acids is 1. The van der Waals surface area contributed by atoms with Gasteiger partial charge in [-0.2, -0.15) is 0 Å². The van der Waals surface area contributed by atoms with Crippen LogP contribution in [0, 0.1) is 20.8 Å². The van der Waals surface area contributed by atoms with E-state index in [1.54, 1.807) is 13.0 Å². The van der Waals surface area contributed by atoms with Crippen molar-refractivity contribution in [2.24, 2.45) is 0 Å². The minimum Gasteiger partial charge on any atom is -0.507 e. The first-order valence-electron chi connectivity index (χ1n) is 7.45. The van der Waals surface area contributed by atoms with E-state index >= 15 is 0 Å². The lowest BCUT2D eigenvalue weighted by Gasteiger charge is -2.13. The molecule has 0 saturated heterocycles. The second-order valence-corrected chi connectivity index (χ2v) is 6.13. The summed E-state index contributed by atoms with van der Waals surface area (Å²) in [4.78, 5) is 23.2. The van der Waals surface area contributed by atoms with E-state index < -0.39 is 11.9 Å². The van der Waals surface area contributed by atoms with Crippen molar-refractivity contribution in [2.45, 2.75) is 20.8 Å². The fourth-order valence-electron chi connectivity index (χ4n) is 2.43. The number of ether oxygens (including phenoxy) is 1. The Bertz CT molecular complexity index is 825. The monoisotopic (exact) mass is 363 g/mol. The van der Waals surface area contributed by atoms with Crippen molar-refractivity contribution in [3.63, 3.8) is 0 Å². The third-order valence-corrected chi connectivity index (χ3v) is 3.82. The lowest BCUT2D eigenvalue weighted by molar-refractivity contribution is -0.118. The molecule has 7 heteroatoms. The summed E-state index contributed by atoms with van der Waals surface area (Å²) < 4.78 is 5.48. The van der Waals surface area contributed by atoms with E-state index in [1.807, 2.05) is 19.9 Å². The summed E-state index contributed by atoms with van der Waals surface area (Å²) in [6.07, 6.45) is 0. The predicted octanol–water partition coefficient (Wildman–Crippen LogP) is 3.69. The number of phenols is 1. The topological polar surface area (TPSA) is 95.9 Å². The predicted molar refractivity (Wildman–Crippen MR) is 94.9 cm³/mol. The molecule has 0 bridgehead atoms. The Labute approximate surface area is 150 Å². The summed E-state index contributed by atoms with van der Waals surface area (Å²) in [6.45, 7) is 4.99. The second kappa shape index (κ2) is 7.44. The smallest absolute Gasteiger partial charge is 0.339 e. The lowest BCUT2D eigenvalue weighted by atomic mass is 10.1. The highest BCUT2D eigenvalue weighted by Gasteiger charge is 2.15. The van der Waals surface area contributed by atoms with Gasteiger partial charge >= 0.3 is 5.97 Å². The van der Waals surface area contributed by atoms with E-state index in [-0.39, 0.29) is 23.6 Å². The average Bonchev–Trinajstić information content (AvgIpc) is 2.49. The van der Waals surface area contributed by atoms with Gasteiger partial charge in [0.2, 0.25) is 0 Å². The van der Waals surface area contributed by atoms with Crippen LogP contribution < -0.4 is 10.1 Å². The standard InChI is InChI=1S/C18H18ClNO5/c1-9-4-11(3)17(14(19)5-9)25-8-15(21)20-12-6-10(2)16(22)13(7-12)18(23)24/h4-7,22H,8H2,1-3H3,(H,20,21)(H,23,24). The van der Waals surface area contributed by atoms with Crippen molar-refractivity contribution < 1.29 is 24.5 Å². The van der Waals surface area contributed by atoms with Gasteiger partial charge in [0.25, 0.3) is 5.91 Å². The van der Waals surface area contributed by atoms with Crippen molar-refractivity contribution in [3.8, 4) is 11.5 Å². The molecule has 2 rings (SSSR count). The van der Waals surface area contributed by atoms with Gasteiger partial charge in [-0.05, 0) is 55.7 Å². The normalized spacial score (nSPS) is 10.4. The number of carbonyl (C=O) groups excluding carboxylic acids is 1. The summed E-state index contributed by atoms with van der Waals surface area (Å²) in [5.41, 5.74) is 2.11. The molecule has 132 valence electrons. The molecule has 0 aliphatic carbocycles. The molecule has 6 nitrogen and oxygen atoms in total. The molecular weight excluding hydrogens is 346 g/mol. The van der Waals surface area contributed by atoms with Gasteiger partial charge in [0, 0.05) is 5.69 Å². The summed E-state index contributed by atoms with van der Waals surface area (Å²) in [5.74, 6) is -1.66. The number of carbonyl (C=O) groups is 2. The highest BCUT2D eigenvalue weighted by Crippen LogP contribution is 2.30. The zero-order valence-electron chi connectivity index (χ0n) is 14.0. The number of carboxylic acid groups (broad SMARTS) is 1. The molecule has 2 aromatic rings. The van der Waals surface area contributed by atoms with Gasteiger partial charge in [-0.25, -0.2) is 4.79 Å². The Morgan fingerprint density at radius 1 is 1.12 bits per heavy atom. The van der Waals surface area contributed by atoms with Crippen LogP contribution in [-0.2, 0) is 4.79 Å². The maximum absolute atomic E-state index is 12.1. The Morgan fingerprint density at radius 3 is 2.40 bits per heavy atom. The maximum Gasteiger partial charge on any atom is 0.339 e. The number of nitrogens with one attached hydrogen (secondary N) is 1. The molecule has 25 heavy (non-hydrogen) atoms. The first kappa shape index (κ1) is 18.6. The molecule has 0 aliphatic rings. The number of hydrogen-bond acceptors (Lipinski definition) is 4. The molecule has 0 radical (unpaired) electrons. The third kappa shape index (κ3) is 4.42. The molecule has 0 spiro atoms. The number of anilines is 1. The molecule has 0 saturated carbocycles. The summed E-state index contributed by atoms with van der Waals surface area (Å²) in [5, 5.41) is 21.8. The molecular formula is C18H18ClNO5. The van der Waals surface area contributed by atoms with Gasteiger partial charge < -0.3 is 20.3 Å². The van der Waals surface area contributed by atoms with Gasteiger partial charge in [-0.15, -0.1) is 0 Å². The number of aromatic carboxylic acids is 1. The highest BCUT2D eigenvalue weighted by atomic mass is 35.5. The maximum atomic E-state index is 12.1. The molecule has 0 heterocycles. The summed E-state index contributed by atoms with van der Waals surface area (Å²) in [7, 11) is 0. The van der Waals surface area contributed by atoms with Gasteiger partial charge in [-0.1, -0.05) is 17.7 Å². The van der Waals surface area contributed by atoms with E-state index in [2.05, 4.69) is 5.32 Å². The zero-order chi connectivity index (χ0) is 18.7. The summed E-state index contributed by atoms with van der Waals surface area (Å²) in [6, 6.07) is 6.29. The first-order valence-corrected chi connectivity index (χ1v) is 7.83. The van der Waals surface area contributed by atoms with Crippen LogP contribution in [0.5, 0.6) is 11.5 Å². The second-order valence-electron chi connectivity index (χ2n) is 5.72. The van der Waals surface area contributed by atoms with E-state index in [0.717, 1.165) is 11.1 Å². The number of benzene rings is 2. The fourth-order valence-corrected chi connectivity index (χ4v) is 2.81. The van der Waals surface area contributed by atoms with Crippen LogP contribution in [0.2, 0.25) is 5.02 Å². The molecule has 0 atom stereocenters. The number of aromatic hydroxyl groups is 1. The molecule has 2 aromatic carbocycles. The number of hydrogen-bond donors (Lipinski definition) is 3. The minimum atomic E-state index is -1.28. The van der Waals surface area contributed by atoms with Crippen molar-refractivity contribution in [2.75, 3.05) is 11.9 Å². The van der Waals surface area contributed by atoms with Crippen LogP contribution in [-0.4, -0.2) is 28.7 Å². The number of halogens is 1. The molecule has 0 unspecified atom stereocenters. The zero-order valence-corrected chi connectivity index (χ0v) is 14.8. The van der Waals surface area contributed by atoms with E-state index in [1.165, 1.54) is 12.1 Å². The van der Waals surface area contributed by atoms with Crippen molar-refractivity contribution in [1.82, 2.24) is 0 Å². The Hall–Kier alpha value is -2.73. The van der Waals surface area contributed by atoms with E-state index in [9.17, 15) is 14.7 Å². The Kier molecular flexibility index (Phi) is 5.54. The molecule has 0 aliphatic heterocycles. The van der Waals surface area contributed by atoms with Crippen molar-refractivity contribution >= 4 is 29.2 Å². The quantitative estimate of drug-likeness (QED) is 0.704. The van der Waals surface area contributed by atoms with Crippen molar-refractivity contribution in [3.05, 3.63) is 51.5 Å². The highest BCUT2D eigenvalue weighted by molar-refractivity contribution is 6.32. The van der Waals surface area contributed by atoms with E-state index in [0.29, 0.717) is 16.3 Å². The SMILES string of the molecule is Cc1cc(C)c(OCC(=O)Nc2cc(C)c(O)c(C(=O)O)c2)c(Cl)c1. The number of amides is 1. The Morgan fingerprint density at radius 2 is 1.80 bits per heavy atom.